The van der Waals surface area contributed by atoms with Crippen molar-refractivity contribution in [3.63, 3.8) is 0 Å². The number of allylic oxidation sites excluding steroid dienone is 12. The van der Waals surface area contributed by atoms with Crippen LogP contribution in [-0.2, 0) is 28.6 Å². The van der Waals surface area contributed by atoms with Crippen molar-refractivity contribution in [3.8, 4) is 0 Å². The van der Waals surface area contributed by atoms with Gasteiger partial charge in [0.1, 0.15) is 13.2 Å². The van der Waals surface area contributed by atoms with E-state index >= 15 is 0 Å². The molecule has 1 atom stereocenters. The van der Waals surface area contributed by atoms with Gasteiger partial charge in [0.15, 0.2) is 6.10 Å². The Morgan fingerprint density at radius 1 is 0.263 bits per heavy atom. The summed E-state index contributed by atoms with van der Waals surface area (Å²) in [5, 5.41) is 0. The third kappa shape index (κ3) is 65.7. The minimum absolute atomic E-state index is 0.0892. The molecule has 80 heavy (non-hydrogen) atoms. The zero-order valence-corrected chi connectivity index (χ0v) is 53.3. The van der Waals surface area contributed by atoms with Crippen LogP contribution in [0, 0.1) is 0 Å². The average molecular weight is 1120 g/mol. The van der Waals surface area contributed by atoms with E-state index in [-0.39, 0.29) is 37.5 Å². The molecule has 0 saturated heterocycles. The second-order valence-corrected chi connectivity index (χ2v) is 23.4. The molecule has 6 nitrogen and oxygen atoms in total. The van der Waals surface area contributed by atoms with Crippen LogP contribution in [0.3, 0.4) is 0 Å². The van der Waals surface area contributed by atoms with Crippen molar-refractivity contribution in [1.82, 2.24) is 0 Å². The van der Waals surface area contributed by atoms with Gasteiger partial charge in [-0.05, 0) is 70.6 Å². The van der Waals surface area contributed by atoms with Crippen LogP contribution in [0.2, 0.25) is 0 Å². The molecule has 0 bridgehead atoms. The fourth-order valence-electron chi connectivity index (χ4n) is 10.3. The standard InChI is InChI=1S/C74H132O6/c1-4-7-10-13-16-19-21-23-25-27-29-31-32-33-34-35-36-37-38-39-40-41-43-44-46-48-50-52-55-58-61-64-67-73(76)79-70-71(69-78-72(75)66-63-60-57-54-18-15-12-9-6-3)80-74(77)68-65-62-59-56-53-51-49-47-45-42-30-28-26-24-22-20-17-14-11-8-5-2/h8,11,17,20,24,26,30,42,47,49,53,56,71H,4-7,9-10,12-16,18-19,21-23,25,27-29,31-41,43-46,48,50-52,54-55,57-70H2,1-3H3/b11-8-,20-17-,26-24-,42-30-,49-47-,56-53-. The predicted molar refractivity (Wildman–Crippen MR) is 348 cm³/mol. The van der Waals surface area contributed by atoms with Gasteiger partial charge in [-0.25, -0.2) is 0 Å². The van der Waals surface area contributed by atoms with Crippen LogP contribution >= 0.6 is 0 Å². The first-order valence-electron chi connectivity index (χ1n) is 34.9. The van der Waals surface area contributed by atoms with Crippen molar-refractivity contribution in [3.05, 3.63) is 72.9 Å². The Labute approximate surface area is 497 Å². The van der Waals surface area contributed by atoms with E-state index < -0.39 is 6.10 Å². The topological polar surface area (TPSA) is 78.9 Å². The smallest absolute Gasteiger partial charge is 0.306 e. The third-order valence-electron chi connectivity index (χ3n) is 15.5. The van der Waals surface area contributed by atoms with Crippen molar-refractivity contribution in [2.45, 2.75) is 367 Å². The van der Waals surface area contributed by atoms with Crippen molar-refractivity contribution in [2.24, 2.45) is 0 Å². The Kier molecular flexibility index (Phi) is 65.7. The van der Waals surface area contributed by atoms with Crippen LogP contribution in [0.25, 0.3) is 0 Å². The summed E-state index contributed by atoms with van der Waals surface area (Å²) in [4.78, 5) is 38.2. The highest BCUT2D eigenvalue weighted by Crippen LogP contribution is 2.18. The van der Waals surface area contributed by atoms with Gasteiger partial charge in [0.2, 0.25) is 0 Å². The summed E-state index contributed by atoms with van der Waals surface area (Å²) in [6.07, 6.45) is 89.7. The summed E-state index contributed by atoms with van der Waals surface area (Å²) < 4.78 is 16.9. The van der Waals surface area contributed by atoms with E-state index in [4.69, 9.17) is 14.2 Å². The van der Waals surface area contributed by atoms with Crippen molar-refractivity contribution in [2.75, 3.05) is 13.2 Å². The van der Waals surface area contributed by atoms with Gasteiger partial charge in [0.25, 0.3) is 0 Å². The van der Waals surface area contributed by atoms with Crippen molar-refractivity contribution < 1.29 is 28.6 Å². The number of ether oxygens (including phenoxy) is 3. The van der Waals surface area contributed by atoms with Gasteiger partial charge in [-0.15, -0.1) is 0 Å². The molecule has 0 saturated carbocycles. The van der Waals surface area contributed by atoms with E-state index in [1.165, 1.54) is 225 Å². The number of carbonyl (C=O) groups excluding carboxylic acids is 3. The number of hydrogen-bond donors (Lipinski definition) is 0. The molecule has 0 spiro atoms. The van der Waals surface area contributed by atoms with Crippen LogP contribution in [0.15, 0.2) is 72.9 Å². The van der Waals surface area contributed by atoms with Crippen LogP contribution in [0.5, 0.6) is 0 Å². The number of rotatable bonds is 64. The highest BCUT2D eigenvalue weighted by atomic mass is 16.6. The largest absolute Gasteiger partial charge is 0.462 e. The minimum Gasteiger partial charge on any atom is -0.462 e. The fraction of sp³-hybridized carbons (Fsp3) is 0.797. The minimum atomic E-state index is -0.796. The van der Waals surface area contributed by atoms with Gasteiger partial charge in [-0.1, -0.05) is 344 Å². The molecule has 0 aliphatic carbocycles. The Hall–Kier alpha value is -3.15. The van der Waals surface area contributed by atoms with Crippen molar-refractivity contribution in [1.29, 1.82) is 0 Å². The molecule has 0 N–H and O–H groups in total. The van der Waals surface area contributed by atoms with E-state index in [1.807, 2.05) is 0 Å². The van der Waals surface area contributed by atoms with Crippen LogP contribution < -0.4 is 0 Å². The van der Waals surface area contributed by atoms with E-state index in [2.05, 4.69) is 93.7 Å². The first-order chi connectivity index (χ1) is 39.5. The molecule has 0 heterocycles. The molecule has 0 fully saturated rings. The molecular weight excluding hydrogens is 985 g/mol. The Balaban J connectivity index is 4.12. The molecule has 0 radical (unpaired) electrons. The van der Waals surface area contributed by atoms with Gasteiger partial charge >= 0.3 is 17.9 Å². The highest BCUT2D eigenvalue weighted by Gasteiger charge is 2.19. The Morgan fingerprint density at radius 3 is 0.762 bits per heavy atom. The lowest BCUT2D eigenvalue weighted by Gasteiger charge is -2.18. The molecule has 6 heteroatoms. The van der Waals surface area contributed by atoms with E-state index in [1.54, 1.807) is 0 Å². The lowest BCUT2D eigenvalue weighted by molar-refractivity contribution is -0.167. The summed E-state index contributed by atoms with van der Waals surface area (Å²) in [6.45, 7) is 6.52. The monoisotopic (exact) mass is 1120 g/mol. The Bertz CT molecular complexity index is 1470. The number of esters is 3. The number of unbranched alkanes of at least 4 members (excludes halogenated alkanes) is 41. The van der Waals surface area contributed by atoms with Gasteiger partial charge in [-0.2, -0.15) is 0 Å². The molecule has 464 valence electrons. The quantitative estimate of drug-likeness (QED) is 0.0261. The number of carbonyl (C=O) groups is 3. The molecule has 0 aromatic rings. The summed E-state index contributed by atoms with van der Waals surface area (Å²) in [6, 6.07) is 0. The second kappa shape index (κ2) is 68.3. The summed E-state index contributed by atoms with van der Waals surface area (Å²) >= 11 is 0. The van der Waals surface area contributed by atoms with Crippen LogP contribution in [-0.4, -0.2) is 37.2 Å². The molecule has 0 aromatic carbocycles. The summed E-state index contributed by atoms with van der Waals surface area (Å²) in [5.41, 5.74) is 0. The predicted octanol–water partition coefficient (Wildman–Crippen LogP) is 24.1. The molecule has 0 rings (SSSR count). The van der Waals surface area contributed by atoms with Gasteiger partial charge in [-0.3, -0.25) is 14.4 Å². The number of hydrogen-bond acceptors (Lipinski definition) is 6. The van der Waals surface area contributed by atoms with E-state index in [0.717, 1.165) is 89.9 Å². The molecule has 0 aromatic heterocycles. The lowest BCUT2D eigenvalue weighted by Crippen LogP contribution is -2.30. The first-order valence-corrected chi connectivity index (χ1v) is 34.9. The molecule has 0 amide bonds. The van der Waals surface area contributed by atoms with Gasteiger partial charge in [0.05, 0.1) is 0 Å². The zero-order chi connectivity index (χ0) is 57.8. The Morgan fingerprint density at radius 2 is 0.487 bits per heavy atom. The van der Waals surface area contributed by atoms with E-state index in [9.17, 15) is 14.4 Å². The molecule has 1 unspecified atom stereocenters. The third-order valence-corrected chi connectivity index (χ3v) is 15.5. The highest BCUT2D eigenvalue weighted by molar-refractivity contribution is 5.71. The lowest BCUT2D eigenvalue weighted by atomic mass is 10.0. The summed E-state index contributed by atoms with van der Waals surface area (Å²) in [7, 11) is 0. The summed E-state index contributed by atoms with van der Waals surface area (Å²) in [5.74, 6) is -0.919. The second-order valence-electron chi connectivity index (χ2n) is 23.4. The zero-order valence-electron chi connectivity index (χ0n) is 53.3. The van der Waals surface area contributed by atoms with Gasteiger partial charge in [0, 0.05) is 19.3 Å². The molecular formula is C74H132O6. The fourth-order valence-corrected chi connectivity index (χ4v) is 10.3. The maximum atomic E-state index is 12.9. The van der Waals surface area contributed by atoms with Crippen LogP contribution in [0.4, 0.5) is 0 Å². The molecule has 0 aliphatic heterocycles. The van der Waals surface area contributed by atoms with Gasteiger partial charge < -0.3 is 14.2 Å². The molecule has 0 aliphatic rings. The normalized spacial score (nSPS) is 12.5. The SMILES string of the molecule is CC/C=C\C/C=C\C/C=C\C/C=C\C/C=C\C/C=C\CCCCC(=O)OC(COC(=O)CCCCCCCCCCC)COC(=O)CCCCCCCCCCCCCCCCCCCCCCCCCCCCCCCCCC. The van der Waals surface area contributed by atoms with E-state index in [0.29, 0.717) is 19.3 Å². The first kappa shape index (κ1) is 76.9. The van der Waals surface area contributed by atoms with Crippen molar-refractivity contribution >= 4 is 17.9 Å². The van der Waals surface area contributed by atoms with Crippen LogP contribution in [0.1, 0.15) is 361 Å². The average Bonchev–Trinajstić information content (AvgIpc) is 3.46. The maximum absolute atomic E-state index is 12.9. The maximum Gasteiger partial charge on any atom is 0.306 e.